The molecule has 1 amide bonds. The summed E-state index contributed by atoms with van der Waals surface area (Å²) in [7, 11) is 1.67. The van der Waals surface area contributed by atoms with Gasteiger partial charge in [-0.25, -0.2) is 0 Å². The standard InChI is InChI=1S/C22H32N2O3.ClH/c1-26-20-11-10-15(12-21(20)27-17-7-3-4-8-17)14-23-22(25)19-13-16-6-2-5-9-18(16)24-19;/h10-12,16-19,24H,2-9,13-14H2,1H3,(H,23,25);1H. The minimum Gasteiger partial charge on any atom is -0.493 e. The molecule has 0 radical (unpaired) electrons. The number of hydrogen-bond donors (Lipinski definition) is 2. The van der Waals surface area contributed by atoms with Crippen LogP contribution in [0, 0.1) is 5.92 Å². The van der Waals surface area contributed by atoms with E-state index in [4.69, 9.17) is 9.47 Å². The molecular formula is C22H33ClN2O3. The Hall–Kier alpha value is -1.46. The third kappa shape index (κ3) is 4.93. The molecule has 156 valence electrons. The normalized spacial score (nSPS) is 27.0. The van der Waals surface area contributed by atoms with E-state index in [-0.39, 0.29) is 30.5 Å². The summed E-state index contributed by atoms with van der Waals surface area (Å²) in [6.07, 6.45) is 11.0. The van der Waals surface area contributed by atoms with Gasteiger partial charge in [-0.1, -0.05) is 18.9 Å². The van der Waals surface area contributed by atoms with Crippen molar-refractivity contribution < 1.29 is 14.3 Å². The Labute approximate surface area is 174 Å². The molecule has 2 N–H and O–H groups in total. The van der Waals surface area contributed by atoms with Crippen LogP contribution in [-0.2, 0) is 11.3 Å². The summed E-state index contributed by atoms with van der Waals surface area (Å²) in [5.74, 6) is 2.36. The number of rotatable bonds is 6. The molecular weight excluding hydrogens is 376 g/mol. The zero-order valence-corrected chi connectivity index (χ0v) is 17.6. The van der Waals surface area contributed by atoms with E-state index < -0.39 is 0 Å². The number of amides is 1. The lowest BCUT2D eigenvalue weighted by Gasteiger charge is -2.24. The van der Waals surface area contributed by atoms with E-state index in [2.05, 4.69) is 10.6 Å². The Balaban J connectivity index is 0.00000225. The van der Waals surface area contributed by atoms with Crippen LogP contribution in [0.1, 0.15) is 63.4 Å². The fourth-order valence-corrected chi connectivity index (χ4v) is 4.94. The molecule has 3 aliphatic rings. The van der Waals surface area contributed by atoms with Gasteiger partial charge in [0.15, 0.2) is 11.5 Å². The van der Waals surface area contributed by atoms with Crippen molar-refractivity contribution in [2.75, 3.05) is 7.11 Å². The molecule has 6 heteroatoms. The van der Waals surface area contributed by atoms with E-state index in [0.29, 0.717) is 18.5 Å². The number of benzene rings is 1. The Bertz CT molecular complexity index is 649. The molecule has 28 heavy (non-hydrogen) atoms. The van der Waals surface area contributed by atoms with Crippen molar-refractivity contribution in [1.29, 1.82) is 0 Å². The van der Waals surface area contributed by atoms with Crippen molar-refractivity contribution in [3.8, 4) is 11.5 Å². The van der Waals surface area contributed by atoms with Crippen LogP contribution in [0.25, 0.3) is 0 Å². The fraction of sp³-hybridized carbons (Fsp3) is 0.682. The minimum absolute atomic E-state index is 0. The number of carbonyl (C=O) groups is 1. The monoisotopic (exact) mass is 408 g/mol. The third-order valence-electron chi connectivity index (χ3n) is 6.47. The van der Waals surface area contributed by atoms with Gasteiger partial charge < -0.3 is 20.1 Å². The topological polar surface area (TPSA) is 59.6 Å². The number of ether oxygens (including phenoxy) is 2. The Morgan fingerprint density at radius 1 is 1.11 bits per heavy atom. The van der Waals surface area contributed by atoms with Crippen molar-refractivity contribution in [2.45, 2.75) is 82.5 Å². The van der Waals surface area contributed by atoms with Crippen LogP contribution in [-0.4, -0.2) is 31.2 Å². The largest absolute Gasteiger partial charge is 0.493 e. The molecule has 0 spiro atoms. The van der Waals surface area contributed by atoms with Gasteiger partial charge in [0, 0.05) is 12.6 Å². The first kappa shape index (κ1) is 21.3. The molecule has 1 heterocycles. The van der Waals surface area contributed by atoms with Gasteiger partial charge in [-0.15, -0.1) is 12.4 Å². The molecule has 3 unspecified atom stereocenters. The van der Waals surface area contributed by atoms with Crippen molar-refractivity contribution >= 4 is 18.3 Å². The summed E-state index contributed by atoms with van der Waals surface area (Å²) in [5, 5.41) is 6.66. The van der Waals surface area contributed by atoms with E-state index in [1.165, 1.54) is 38.5 Å². The average Bonchev–Trinajstić information content (AvgIpc) is 3.35. The predicted molar refractivity (Wildman–Crippen MR) is 112 cm³/mol. The number of nitrogens with one attached hydrogen (secondary N) is 2. The quantitative estimate of drug-likeness (QED) is 0.747. The first-order valence-electron chi connectivity index (χ1n) is 10.6. The zero-order chi connectivity index (χ0) is 18.6. The smallest absolute Gasteiger partial charge is 0.237 e. The summed E-state index contributed by atoms with van der Waals surface area (Å²) < 4.78 is 11.6. The van der Waals surface area contributed by atoms with Gasteiger partial charge in [0.2, 0.25) is 5.91 Å². The van der Waals surface area contributed by atoms with Gasteiger partial charge in [-0.05, 0) is 68.6 Å². The minimum atomic E-state index is -0.0365. The van der Waals surface area contributed by atoms with Crippen LogP contribution in [0.4, 0.5) is 0 Å². The predicted octanol–water partition coefficient (Wildman–Crippen LogP) is 3.98. The van der Waals surface area contributed by atoms with Crippen molar-refractivity contribution in [2.24, 2.45) is 5.92 Å². The van der Waals surface area contributed by atoms with Crippen LogP contribution in [0.2, 0.25) is 0 Å². The van der Waals surface area contributed by atoms with Gasteiger partial charge in [-0.2, -0.15) is 0 Å². The van der Waals surface area contributed by atoms with Crippen LogP contribution in [0.5, 0.6) is 11.5 Å². The van der Waals surface area contributed by atoms with E-state index in [1.807, 2.05) is 18.2 Å². The summed E-state index contributed by atoms with van der Waals surface area (Å²) in [5.41, 5.74) is 1.05. The second-order valence-electron chi connectivity index (χ2n) is 8.33. The highest BCUT2D eigenvalue weighted by atomic mass is 35.5. The fourth-order valence-electron chi connectivity index (χ4n) is 4.94. The number of carbonyl (C=O) groups excluding carboxylic acids is 1. The molecule has 4 rings (SSSR count). The van der Waals surface area contributed by atoms with E-state index >= 15 is 0 Å². The lowest BCUT2D eigenvalue weighted by Crippen LogP contribution is -2.42. The maximum absolute atomic E-state index is 12.6. The van der Waals surface area contributed by atoms with Crippen molar-refractivity contribution in [3.05, 3.63) is 23.8 Å². The second-order valence-corrected chi connectivity index (χ2v) is 8.33. The lowest BCUT2D eigenvalue weighted by atomic mass is 9.85. The van der Waals surface area contributed by atoms with Crippen LogP contribution >= 0.6 is 12.4 Å². The van der Waals surface area contributed by atoms with Gasteiger partial charge >= 0.3 is 0 Å². The van der Waals surface area contributed by atoms with Gasteiger partial charge in [0.25, 0.3) is 0 Å². The lowest BCUT2D eigenvalue weighted by molar-refractivity contribution is -0.123. The third-order valence-corrected chi connectivity index (χ3v) is 6.47. The molecule has 0 bridgehead atoms. The molecule has 2 saturated carbocycles. The summed E-state index contributed by atoms with van der Waals surface area (Å²) in [6.45, 7) is 0.525. The average molecular weight is 409 g/mol. The second kappa shape index (κ2) is 9.84. The molecule has 1 aliphatic heterocycles. The first-order chi connectivity index (χ1) is 13.2. The summed E-state index contributed by atoms with van der Waals surface area (Å²) in [6, 6.07) is 6.46. The maximum Gasteiger partial charge on any atom is 0.237 e. The number of hydrogen-bond acceptors (Lipinski definition) is 4. The van der Waals surface area contributed by atoms with Crippen molar-refractivity contribution in [1.82, 2.24) is 10.6 Å². The highest BCUT2D eigenvalue weighted by Crippen LogP contribution is 2.34. The molecule has 3 atom stereocenters. The highest BCUT2D eigenvalue weighted by Gasteiger charge is 2.38. The molecule has 1 saturated heterocycles. The van der Waals surface area contributed by atoms with Gasteiger partial charge in [0.05, 0.1) is 19.3 Å². The maximum atomic E-state index is 12.6. The van der Waals surface area contributed by atoms with Gasteiger partial charge in [0.1, 0.15) is 0 Å². The number of fused-ring (bicyclic) bond motifs is 1. The summed E-state index contributed by atoms with van der Waals surface area (Å²) >= 11 is 0. The first-order valence-corrected chi connectivity index (χ1v) is 10.6. The zero-order valence-electron chi connectivity index (χ0n) is 16.7. The van der Waals surface area contributed by atoms with E-state index in [0.717, 1.165) is 36.3 Å². The molecule has 3 fully saturated rings. The SMILES string of the molecule is COc1ccc(CNC(=O)C2CC3CCCCC3N2)cc1OC1CCCC1.Cl. The number of methoxy groups -OCH3 is 1. The van der Waals surface area contributed by atoms with Crippen molar-refractivity contribution in [3.63, 3.8) is 0 Å². The molecule has 5 nitrogen and oxygen atoms in total. The Kier molecular flexibility index (Phi) is 7.47. The van der Waals surface area contributed by atoms with Crippen LogP contribution < -0.4 is 20.1 Å². The Morgan fingerprint density at radius 2 is 1.86 bits per heavy atom. The molecule has 0 aromatic heterocycles. The van der Waals surface area contributed by atoms with E-state index in [1.54, 1.807) is 7.11 Å². The van der Waals surface area contributed by atoms with Crippen LogP contribution in [0.15, 0.2) is 18.2 Å². The van der Waals surface area contributed by atoms with Crippen LogP contribution in [0.3, 0.4) is 0 Å². The Morgan fingerprint density at radius 3 is 2.61 bits per heavy atom. The molecule has 1 aromatic carbocycles. The van der Waals surface area contributed by atoms with E-state index in [9.17, 15) is 4.79 Å². The molecule has 2 aliphatic carbocycles. The summed E-state index contributed by atoms with van der Waals surface area (Å²) in [4.78, 5) is 12.6. The van der Waals surface area contributed by atoms with Gasteiger partial charge in [-0.3, -0.25) is 4.79 Å². The number of halogens is 1. The molecule has 1 aromatic rings. The highest BCUT2D eigenvalue weighted by molar-refractivity contribution is 5.85.